The lowest BCUT2D eigenvalue weighted by molar-refractivity contribution is -0.223. The van der Waals surface area contributed by atoms with Crippen LogP contribution in [-0.2, 0) is 9.47 Å². The van der Waals surface area contributed by atoms with Crippen LogP contribution in [0.2, 0.25) is 0 Å². The highest BCUT2D eigenvalue weighted by Crippen LogP contribution is 2.31. The third-order valence-corrected chi connectivity index (χ3v) is 2.44. The molecule has 0 saturated carbocycles. The molecule has 0 aromatic heterocycles. The van der Waals surface area contributed by atoms with Gasteiger partial charge in [0.05, 0.1) is 0 Å². The maximum absolute atomic E-state index is 5.60. The lowest BCUT2D eigenvalue weighted by Crippen LogP contribution is -2.36. The molecule has 0 aromatic carbocycles. The third kappa shape index (κ3) is 3.81. The van der Waals surface area contributed by atoms with Crippen molar-refractivity contribution in [2.45, 2.75) is 52.7 Å². The van der Waals surface area contributed by atoms with Gasteiger partial charge in [0.25, 0.3) is 0 Å². The van der Waals surface area contributed by atoms with Crippen LogP contribution in [0.1, 0.15) is 47.0 Å². The average Bonchev–Trinajstić information content (AvgIpc) is 2.25. The maximum atomic E-state index is 5.60. The predicted octanol–water partition coefficient (Wildman–Crippen LogP) is 3.52. The van der Waals surface area contributed by atoms with Crippen molar-refractivity contribution >= 4 is 0 Å². The third-order valence-electron chi connectivity index (χ3n) is 2.44. The number of methoxy groups -OCH3 is 1. The highest BCUT2D eigenvalue weighted by atomic mass is 16.7. The molecule has 0 radical (unpaired) electrons. The van der Waals surface area contributed by atoms with Crippen molar-refractivity contribution in [3.63, 3.8) is 0 Å². The van der Waals surface area contributed by atoms with Crippen LogP contribution in [0, 0.1) is 0 Å². The van der Waals surface area contributed by atoms with Gasteiger partial charge in [-0.15, -0.1) is 0 Å². The highest BCUT2D eigenvalue weighted by Gasteiger charge is 2.31. The summed E-state index contributed by atoms with van der Waals surface area (Å²) in [6.45, 7) is 8.89. The summed E-state index contributed by atoms with van der Waals surface area (Å²) >= 11 is 0. The fourth-order valence-corrected chi connectivity index (χ4v) is 1.56. The number of allylic oxidation sites excluding steroid dienone is 1. The summed E-state index contributed by atoms with van der Waals surface area (Å²) in [7, 11) is 1.73. The molecule has 0 spiro atoms. The summed E-state index contributed by atoms with van der Waals surface area (Å²) in [5, 5.41) is 0. The van der Waals surface area contributed by atoms with Crippen molar-refractivity contribution in [3.05, 3.63) is 11.6 Å². The molecule has 1 aliphatic rings. The van der Waals surface area contributed by atoms with E-state index in [1.165, 1.54) is 5.57 Å². The van der Waals surface area contributed by atoms with Crippen LogP contribution >= 0.6 is 0 Å². The zero-order valence-corrected chi connectivity index (χ0v) is 10.2. The summed E-state index contributed by atoms with van der Waals surface area (Å²) in [4.78, 5) is 0. The van der Waals surface area contributed by atoms with E-state index in [1.54, 1.807) is 7.11 Å². The minimum atomic E-state index is -0.325. The van der Waals surface area contributed by atoms with Crippen molar-refractivity contribution in [1.29, 1.82) is 0 Å². The highest BCUT2D eigenvalue weighted by molar-refractivity contribution is 5.05. The maximum Gasteiger partial charge on any atom is 0.171 e. The summed E-state index contributed by atoms with van der Waals surface area (Å²) in [5.41, 5.74) is 1.45. The molecule has 0 N–H and O–H groups in total. The van der Waals surface area contributed by atoms with Gasteiger partial charge in [0.1, 0.15) is 0 Å². The van der Waals surface area contributed by atoms with Crippen LogP contribution in [0.15, 0.2) is 11.6 Å². The van der Waals surface area contributed by atoms with E-state index < -0.39 is 0 Å². The van der Waals surface area contributed by atoms with E-state index in [0.29, 0.717) is 0 Å². The Morgan fingerprint density at radius 1 is 1.43 bits per heavy atom. The van der Waals surface area contributed by atoms with Crippen LogP contribution in [0.25, 0.3) is 0 Å². The Balaban J connectivity index is 0.000000791. The Kier molecular flexibility index (Phi) is 6.85. The lowest BCUT2D eigenvalue weighted by Gasteiger charge is -2.34. The predicted molar refractivity (Wildman–Crippen MR) is 60.3 cm³/mol. The largest absolute Gasteiger partial charge is 0.353 e. The Morgan fingerprint density at radius 2 is 2.07 bits per heavy atom. The first-order chi connectivity index (χ1) is 6.72. The topological polar surface area (TPSA) is 18.5 Å². The van der Waals surface area contributed by atoms with Crippen LogP contribution in [0.5, 0.6) is 0 Å². The molecule has 0 aromatic rings. The lowest BCUT2D eigenvalue weighted by atomic mass is 9.95. The van der Waals surface area contributed by atoms with Crippen molar-refractivity contribution in [2.24, 2.45) is 0 Å². The van der Waals surface area contributed by atoms with E-state index in [1.807, 2.05) is 20.8 Å². The zero-order chi connectivity index (χ0) is 11.0. The molecule has 0 fully saturated rings. The van der Waals surface area contributed by atoms with Gasteiger partial charge in [-0.2, -0.15) is 0 Å². The molecule has 14 heavy (non-hydrogen) atoms. The first-order valence-corrected chi connectivity index (χ1v) is 5.57. The molecule has 84 valence electrons. The molecule has 1 rings (SSSR count). The molecular formula is C12H24O2. The van der Waals surface area contributed by atoms with Gasteiger partial charge in [-0.3, -0.25) is 0 Å². The van der Waals surface area contributed by atoms with E-state index in [9.17, 15) is 0 Å². The number of hydrogen-bond donors (Lipinski definition) is 0. The van der Waals surface area contributed by atoms with Crippen molar-refractivity contribution in [2.75, 3.05) is 13.7 Å². The van der Waals surface area contributed by atoms with Crippen molar-refractivity contribution < 1.29 is 9.47 Å². The SMILES string of the molecule is CC.CCOC1(OC)CC=C(C)CC1. The Bertz CT molecular complexity index is 175. The first-order valence-electron chi connectivity index (χ1n) is 5.57. The second-order valence-electron chi connectivity index (χ2n) is 3.30. The molecule has 0 aliphatic heterocycles. The molecule has 1 unspecified atom stereocenters. The molecule has 1 atom stereocenters. The summed E-state index contributed by atoms with van der Waals surface area (Å²) in [6.07, 6.45) is 5.18. The van der Waals surface area contributed by atoms with Crippen molar-refractivity contribution in [1.82, 2.24) is 0 Å². The standard InChI is InChI=1S/C10H18O2.C2H6/c1-4-12-10(11-3)7-5-9(2)6-8-10;1-2/h5H,4,6-8H2,1-3H3;1-2H3. The van der Waals surface area contributed by atoms with Crippen molar-refractivity contribution in [3.8, 4) is 0 Å². The number of hydrogen-bond acceptors (Lipinski definition) is 2. The number of ether oxygens (including phenoxy) is 2. The molecular weight excluding hydrogens is 176 g/mol. The van der Waals surface area contributed by atoms with Gasteiger partial charge < -0.3 is 9.47 Å². The van der Waals surface area contributed by atoms with Gasteiger partial charge in [0.15, 0.2) is 5.79 Å². The molecule has 2 nitrogen and oxygen atoms in total. The van der Waals surface area contributed by atoms with E-state index >= 15 is 0 Å². The number of rotatable bonds is 3. The van der Waals surface area contributed by atoms with Gasteiger partial charge in [-0.1, -0.05) is 25.5 Å². The van der Waals surface area contributed by atoms with Crippen LogP contribution in [0.3, 0.4) is 0 Å². The second-order valence-corrected chi connectivity index (χ2v) is 3.30. The smallest absolute Gasteiger partial charge is 0.171 e. The summed E-state index contributed by atoms with van der Waals surface area (Å²) in [5.74, 6) is -0.325. The average molecular weight is 200 g/mol. The van der Waals surface area contributed by atoms with E-state index in [2.05, 4.69) is 13.0 Å². The van der Waals surface area contributed by atoms with Gasteiger partial charge in [-0.25, -0.2) is 0 Å². The van der Waals surface area contributed by atoms with Crippen LogP contribution < -0.4 is 0 Å². The molecule has 2 heteroatoms. The summed E-state index contributed by atoms with van der Waals surface area (Å²) < 4.78 is 11.0. The molecule has 0 saturated heterocycles. The monoisotopic (exact) mass is 200 g/mol. The van der Waals surface area contributed by atoms with Gasteiger partial charge >= 0.3 is 0 Å². The first kappa shape index (κ1) is 13.7. The quantitative estimate of drug-likeness (QED) is 0.512. The minimum absolute atomic E-state index is 0.325. The normalized spacial score (nSPS) is 26.2. The van der Waals surface area contributed by atoms with Gasteiger partial charge in [0, 0.05) is 26.6 Å². The Hall–Kier alpha value is -0.340. The molecule has 0 amide bonds. The fraction of sp³-hybridized carbons (Fsp3) is 0.833. The van der Waals surface area contributed by atoms with E-state index in [0.717, 1.165) is 25.9 Å². The van der Waals surface area contributed by atoms with Gasteiger partial charge in [-0.05, 0) is 20.3 Å². The minimum Gasteiger partial charge on any atom is -0.353 e. The van der Waals surface area contributed by atoms with Crippen LogP contribution in [0.4, 0.5) is 0 Å². The van der Waals surface area contributed by atoms with E-state index in [-0.39, 0.29) is 5.79 Å². The van der Waals surface area contributed by atoms with Crippen LogP contribution in [-0.4, -0.2) is 19.5 Å². The molecule has 1 aliphatic carbocycles. The zero-order valence-electron chi connectivity index (χ0n) is 10.2. The van der Waals surface area contributed by atoms with Gasteiger partial charge in [0.2, 0.25) is 0 Å². The fourth-order valence-electron chi connectivity index (χ4n) is 1.56. The molecule has 0 heterocycles. The van der Waals surface area contributed by atoms with E-state index in [4.69, 9.17) is 9.47 Å². The molecule has 0 bridgehead atoms. The summed E-state index contributed by atoms with van der Waals surface area (Å²) in [6, 6.07) is 0. The Morgan fingerprint density at radius 3 is 2.43 bits per heavy atom. The Labute approximate surface area is 88.3 Å². The second kappa shape index (κ2) is 7.02.